The summed E-state index contributed by atoms with van der Waals surface area (Å²) >= 11 is 5.80. The van der Waals surface area contributed by atoms with E-state index < -0.39 is 5.82 Å². The molecule has 2 fully saturated rings. The van der Waals surface area contributed by atoms with Crippen LogP contribution in [-0.4, -0.2) is 61.1 Å². The Balaban J connectivity index is 1.64. The molecule has 6 heteroatoms. The van der Waals surface area contributed by atoms with Gasteiger partial charge in [0.1, 0.15) is 5.82 Å². The number of likely N-dealkylation sites (N-methyl/N-ethyl adjacent to an activating group) is 1. The summed E-state index contributed by atoms with van der Waals surface area (Å²) < 4.78 is 18.6. The number of benzene rings is 1. The van der Waals surface area contributed by atoms with Gasteiger partial charge in [-0.15, -0.1) is 0 Å². The number of nitrogens with zero attached hydrogens (tertiary/aromatic N) is 2. The number of hydrogen-bond acceptors (Lipinski definition) is 3. The Morgan fingerprint density at radius 2 is 2.08 bits per heavy atom. The van der Waals surface area contributed by atoms with Gasteiger partial charge in [0.25, 0.3) is 5.91 Å². The SMILES string of the molecule is COC[C@@H]1CCC2(CCN(C(=O)c3ccc(F)c(Cl)c3)CC2)N1C. The molecule has 1 aromatic rings. The second-order valence-corrected chi connectivity index (χ2v) is 7.31. The molecule has 0 N–H and O–H groups in total. The van der Waals surface area contributed by atoms with E-state index in [-0.39, 0.29) is 16.5 Å². The second-order valence-electron chi connectivity index (χ2n) is 6.90. The number of methoxy groups -OCH3 is 1. The van der Waals surface area contributed by atoms with Crippen LogP contribution in [0, 0.1) is 5.82 Å². The molecule has 0 bridgehead atoms. The molecule has 1 atom stereocenters. The van der Waals surface area contributed by atoms with Crippen LogP contribution in [0.25, 0.3) is 0 Å². The van der Waals surface area contributed by atoms with Crippen molar-refractivity contribution in [3.63, 3.8) is 0 Å². The smallest absolute Gasteiger partial charge is 0.253 e. The van der Waals surface area contributed by atoms with E-state index in [1.165, 1.54) is 18.2 Å². The summed E-state index contributed by atoms with van der Waals surface area (Å²) in [5.74, 6) is -0.566. The number of halogens is 2. The van der Waals surface area contributed by atoms with E-state index in [1.54, 1.807) is 7.11 Å². The molecule has 3 rings (SSSR count). The van der Waals surface area contributed by atoms with E-state index in [2.05, 4.69) is 11.9 Å². The average Bonchev–Trinajstić information content (AvgIpc) is 2.88. The highest BCUT2D eigenvalue weighted by molar-refractivity contribution is 6.31. The van der Waals surface area contributed by atoms with E-state index in [1.807, 2.05) is 4.90 Å². The largest absolute Gasteiger partial charge is 0.383 e. The van der Waals surface area contributed by atoms with E-state index in [4.69, 9.17) is 16.3 Å². The first kappa shape index (κ1) is 17.6. The quantitative estimate of drug-likeness (QED) is 0.835. The van der Waals surface area contributed by atoms with Crippen molar-refractivity contribution in [1.82, 2.24) is 9.80 Å². The molecule has 2 aliphatic rings. The van der Waals surface area contributed by atoms with Crippen LogP contribution in [0.3, 0.4) is 0 Å². The van der Waals surface area contributed by atoms with Gasteiger partial charge in [-0.05, 0) is 50.9 Å². The summed E-state index contributed by atoms with van der Waals surface area (Å²) in [6.07, 6.45) is 4.22. The normalized spacial score (nSPS) is 23.8. The van der Waals surface area contributed by atoms with Crippen LogP contribution in [-0.2, 0) is 4.74 Å². The van der Waals surface area contributed by atoms with Crippen molar-refractivity contribution in [2.24, 2.45) is 0 Å². The van der Waals surface area contributed by atoms with Gasteiger partial charge in [0.05, 0.1) is 11.6 Å². The number of amides is 1. The van der Waals surface area contributed by atoms with Crippen LogP contribution in [0.4, 0.5) is 4.39 Å². The van der Waals surface area contributed by atoms with Gasteiger partial charge in [-0.3, -0.25) is 9.69 Å². The van der Waals surface area contributed by atoms with E-state index in [0.29, 0.717) is 11.6 Å². The fraction of sp³-hybridized carbons (Fsp3) is 0.611. The molecule has 0 aliphatic carbocycles. The molecular formula is C18H24ClFN2O2. The third-order valence-corrected chi connectivity index (χ3v) is 6.04. The Labute approximate surface area is 147 Å². The number of hydrogen-bond donors (Lipinski definition) is 0. The van der Waals surface area contributed by atoms with Crippen molar-refractivity contribution in [3.8, 4) is 0 Å². The number of piperidine rings is 1. The summed E-state index contributed by atoms with van der Waals surface area (Å²) in [6.45, 7) is 2.20. The van der Waals surface area contributed by atoms with Gasteiger partial charge in [-0.25, -0.2) is 4.39 Å². The van der Waals surface area contributed by atoms with Gasteiger partial charge in [-0.1, -0.05) is 11.6 Å². The molecule has 1 spiro atoms. The highest BCUT2D eigenvalue weighted by Crippen LogP contribution is 2.40. The van der Waals surface area contributed by atoms with Crippen LogP contribution < -0.4 is 0 Å². The lowest BCUT2D eigenvalue weighted by Gasteiger charge is -2.45. The standard InChI is InChI=1S/C18H24ClFN2O2/c1-21-14(12-24-2)5-6-18(21)7-9-22(10-8-18)17(23)13-3-4-16(20)15(19)11-13/h3-4,11,14H,5-10,12H2,1-2H3/t14-/m0/s1. The van der Waals surface area contributed by atoms with E-state index in [0.717, 1.165) is 45.4 Å². The van der Waals surface area contributed by atoms with Gasteiger partial charge in [0.2, 0.25) is 0 Å². The summed E-state index contributed by atoms with van der Waals surface area (Å²) in [7, 11) is 3.92. The molecule has 2 saturated heterocycles. The highest BCUT2D eigenvalue weighted by atomic mass is 35.5. The molecule has 0 aromatic heterocycles. The predicted molar refractivity (Wildman–Crippen MR) is 91.9 cm³/mol. The molecule has 1 amide bonds. The number of likely N-dealkylation sites (tertiary alicyclic amines) is 2. The summed E-state index contributed by atoms with van der Waals surface area (Å²) in [5, 5.41) is -0.00716. The highest BCUT2D eigenvalue weighted by Gasteiger charge is 2.46. The zero-order valence-electron chi connectivity index (χ0n) is 14.2. The maximum Gasteiger partial charge on any atom is 0.253 e. The number of carbonyl (C=O) groups excluding carboxylic acids is 1. The van der Waals surface area contributed by atoms with Gasteiger partial charge >= 0.3 is 0 Å². The maximum atomic E-state index is 13.3. The Hall–Kier alpha value is -1.17. The molecule has 1 aromatic carbocycles. The van der Waals surface area contributed by atoms with Crippen LogP contribution in [0.1, 0.15) is 36.0 Å². The minimum atomic E-state index is -0.498. The molecule has 24 heavy (non-hydrogen) atoms. The fourth-order valence-electron chi connectivity index (χ4n) is 4.12. The lowest BCUT2D eigenvalue weighted by Crippen LogP contribution is -2.54. The summed E-state index contributed by atoms with van der Waals surface area (Å²) in [4.78, 5) is 16.9. The maximum absolute atomic E-state index is 13.3. The Morgan fingerprint density at radius 3 is 2.71 bits per heavy atom. The Morgan fingerprint density at radius 1 is 1.38 bits per heavy atom. The van der Waals surface area contributed by atoms with Gasteiger partial charge in [0, 0.05) is 37.3 Å². The zero-order chi connectivity index (χ0) is 17.3. The monoisotopic (exact) mass is 354 g/mol. The lowest BCUT2D eigenvalue weighted by atomic mass is 9.85. The summed E-state index contributed by atoms with van der Waals surface area (Å²) in [6, 6.07) is 4.64. The lowest BCUT2D eigenvalue weighted by molar-refractivity contribution is 0.0273. The first-order chi connectivity index (χ1) is 11.5. The van der Waals surface area contributed by atoms with Crippen LogP contribution in [0.15, 0.2) is 18.2 Å². The minimum absolute atomic E-state index is 0.00716. The molecular weight excluding hydrogens is 331 g/mol. The van der Waals surface area contributed by atoms with Crippen molar-refractivity contribution in [1.29, 1.82) is 0 Å². The third-order valence-electron chi connectivity index (χ3n) is 5.75. The number of rotatable bonds is 3. The van der Waals surface area contributed by atoms with Gasteiger partial charge < -0.3 is 9.64 Å². The third kappa shape index (κ3) is 3.17. The first-order valence-corrected chi connectivity index (χ1v) is 8.81. The average molecular weight is 355 g/mol. The molecule has 2 aliphatic heterocycles. The molecule has 4 nitrogen and oxygen atoms in total. The fourth-order valence-corrected chi connectivity index (χ4v) is 4.30. The van der Waals surface area contributed by atoms with Crippen LogP contribution in [0.5, 0.6) is 0 Å². The zero-order valence-corrected chi connectivity index (χ0v) is 15.0. The van der Waals surface area contributed by atoms with E-state index in [9.17, 15) is 9.18 Å². The van der Waals surface area contributed by atoms with Crippen molar-refractivity contribution in [2.45, 2.75) is 37.3 Å². The molecule has 2 heterocycles. The van der Waals surface area contributed by atoms with Crippen molar-refractivity contribution in [2.75, 3.05) is 33.9 Å². The van der Waals surface area contributed by atoms with Crippen molar-refractivity contribution in [3.05, 3.63) is 34.6 Å². The van der Waals surface area contributed by atoms with Crippen molar-refractivity contribution >= 4 is 17.5 Å². The van der Waals surface area contributed by atoms with E-state index >= 15 is 0 Å². The molecule has 0 unspecified atom stereocenters. The summed E-state index contributed by atoms with van der Waals surface area (Å²) in [5.41, 5.74) is 0.634. The molecule has 132 valence electrons. The predicted octanol–water partition coefficient (Wildman–Crippen LogP) is 3.19. The van der Waals surface area contributed by atoms with Gasteiger partial charge in [0.15, 0.2) is 0 Å². The van der Waals surface area contributed by atoms with Crippen LogP contribution in [0.2, 0.25) is 5.02 Å². The Bertz CT molecular complexity index is 617. The van der Waals surface area contributed by atoms with Crippen LogP contribution >= 0.6 is 11.6 Å². The number of carbonyl (C=O) groups is 1. The molecule has 0 radical (unpaired) electrons. The minimum Gasteiger partial charge on any atom is -0.383 e. The first-order valence-electron chi connectivity index (χ1n) is 8.43. The second kappa shape index (κ2) is 6.98. The Kier molecular flexibility index (Phi) is 5.13. The molecule has 0 saturated carbocycles. The number of ether oxygens (including phenoxy) is 1. The van der Waals surface area contributed by atoms with Gasteiger partial charge in [-0.2, -0.15) is 0 Å². The topological polar surface area (TPSA) is 32.8 Å². The van der Waals surface area contributed by atoms with Crippen molar-refractivity contribution < 1.29 is 13.9 Å².